The number of amides is 1. The number of nitrogens with zero attached hydrogens (tertiary/aromatic N) is 1. The lowest BCUT2D eigenvalue weighted by atomic mass is 10.1. The molecule has 0 bridgehead atoms. The number of hydrogen-bond acceptors (Lipinski definition) is 5. The van der Waals surface area contributed by atoms with Crippen molar-refractivity contribution >= 4 is 15.9 Å². The van der Waals surface area contributed by atoms with Crippen molar-refractivity contribution in [3.05, 3.63) is 17.9 Å². The lowest BCUT2D eigenvalue weighted by molar-refractivity contribution is 0.0686. The number of carbonyl (C=O) groups is 1. The number of carbonyl (C=O) groups excluding carboxylic acids is 1. The van der Waals surface area contributed by atoms with E-state index in [4.69, 9.17) is 9.62 Å². The first kappa shape index (κ1) is 13.1. The summed E-state index contributed by atoms with van der Waals surface area (Å²) < 4.78 is 27.4. The maximum atomic E-state index is 12.0. The van der Waals surface area contributed by atoms with Crippen LogP contribution < -0.4 is 4.89 Å². The minimum atomic E-state index is -4.07. The second kappa shape index (κ2) is 5.09. The molecule has 0 spiro atoms. The largest absolute Gasteiger partial charge is 0.438 e. The van der Waals surface area contributed by atoms with Crippen molar-refractivity contribution in [1.29, 1.82) is 0 Å². The molecule has 18 heavy (non-hydrogen) atoms. The number of likely N-dealkylation sites (tertiary alicyclic amines) is 1. The molecule has 0 saturated carbocycles. The molecular formula is C10H14N2O5S. The Morgan fingerprint density at radius 1 is 1.28 bits per heavy atom. The summed E-state index contributed by atoms with van der Waals surface area (Å²) in [6.45, 7) is 1.31. The smallest absolute Gasteiger partial charge is 0.295 e. The molecule has 1 aliphatic heterocycles. The van der Waals surface area contributed by atoms with E-state index in [0.29, 0.717) is 13.1 Å². The molecule has 1 aromatic rings. The van der Waals surface area contributed by atoms with Crippen LogP contribution in [0.2, 0.25) is 0 Å². The third-order valence-electron chi connectivity index (χ3n) is 2.82. The maximum absolute atomic E-state index is 12.0. The van der Waals surface area contributed by atoms with Gasteiger partial charge in [0.05, 0.1) is 0 Å². The fourth-order valence-corrected chi connectivity index (χ4v) is 2.41. The van der Waals surface area contributed by atoms with Gasteiger partial charge in [0.15, 0.2) is 5.76 Å². The van der Waals surface area contributed by atoms with Crippen LogP contribution in [-0.4, -0.2) is 37.5 Å². The second-order valence-corrected chi connectivity index (χ2v) is 5.66. The average molecular weight is 274 g/mol. The third kappa shape index (κ3) is 2.55. The molecule has 7 nitrogen and oxygen atoms in total. The van der Waals surface area contributed by atoms with Crippen molar-refractivity contribution in [2.45, 2.75) is 24.4 Å². The quantitative estimate of drug-likeness (QED) is 0.785. The fraction of sp³-hybridized carbons (Fsp3) is 0.500. The maximum Gasteiger partial charge on any atom is 0.295 e. The first-order chi connectivity index (χ1) is 8.54. The highest BCUT2D eigenvalue weighted by Gasteiger charge is 2.24. The Kier molecular flexibility index (Phi) is 3.69. The highest BCUT2D eigenvalue weighted by atomic mass is 32.2. The summed E-state index contributed by atoms with van der Waals surface area (Å²) in [6, 6.07) is 2.43. The summed E-state index contributed by atoms with van der Waals surface area (Å²) in [4.78, 5) is 14.8. The Labute approximate surface area is 104 Å². The number of sulfonamides is 1. The van der Waals surface area contributed by atoms with E-state index in [0.717, 1.165) is 30.2 Å². The zero-order valence-corrected chi connectivity index (χ0v) is 10.4. The minimum Gasteiger partial charge on any atom is -0.438 e. The van der Waals surface area contributed by atoms with E-state index >= 15 is 0 Å². The van der Waals surface area contributed by atoms with Crippen LogP contribution in [-0.2, 0) is 10.0 Å². The second-order valence-electron chi connectivity index (χ2n) is 4.07. The summed E-state index contributed by atoms with van der Waals surface area (Å²) in [5, 5.41) is 7.97. The van der Waals surface area contributed by atoms with Crippen molar-refractivity contribution in [1.82, 2.24) is 9.79 Å². The van der Waals surface area contributed by atoms with Crippen LogP contribution in [0.15, 0.2) is 21.6 Å². The van der Waals surface area contributed by atoms with E-state index in [-0.39, 0.29) is 11.7 Å². The Balaban J connectivity index is 2.17. The predicted molar refractivity (Wildman–Crippen MR) is 60.6 cm³/mol. The molecule has 2 N–H and O–H groups in total. The van der Waals surface area contributed by atoms with Gasteiger partial charge >= 0.3 is 0 Å². The average Bonchev–Trinajstić information content (AvgIpc) is 2.89. The van der Waals surface area contributed by atoms with Gasteiger partial charge in [-0.1, -0.05) is 4.89 Å². The fourth-order valence-electron chi connectivity index (χ4n) is 1.88. The Morgan fingerprint density at radius 2 is 1.94 bits per heavy atom. The van der Waals surface area contributed by atoms with E-state index in [1.807, 2.05) is 0 Å². The summed E-state index contributed by atoms with van der Waals surface area (Å²) in [7, 11) is -4.07. The van der Waals surface area contributed by atoms with Crippen molar-refractivity contribution < 1.29 is 22.8 Å². The van der Waals surface area contributed by atoms with Crippen LogP contribution >= 0.6 is 0 Å². The Hall–Kier alpha value is -1.38. The SMILES string of the molecule is O=C(c1ccc(S(=O)(=O)NO)o1)N1CCCCC1. The number of furan rings is 1. The van der Waals surface area contributed by atoms with E-state index in [1.54, 1.807) is 4.90 Å². The van der Waals surface area contributed by atoms with E-state index in [2.05, 4.69) is 0 Å². The highest BCUT2D eigenvalue weighted by molar-refractivity contribution is 7.89. The molecule has 1 amide bonds. The highest BCUT2D eigenvalue weighted by Crippen LogP contribution is 2.17. The normalized spacial score (nSPS) is 16.8. The van der Waals surface area contributed by atoms with Gasteiger partial charge in [-0.05, 0) is 31.4 Å². The molecule has 100 valence electrons. The van der Waals surface area contributed by atoms with Crippen LogP contribution in [0.3, 0.4) is 0 Å². The van der Waals surface area contributed by atoms with Gasteiger partial charge in [-0.25, -0.2) is 8.42 Å². The van der Waals surface area contributed by atoms with E-state index in [1.165, 1.54) is 6.07 Å². The number of nitrogens with one attached hydrogen (secondary N) is 1. The van der Waals surface area contributed by atoms with Crippen molar-refractivity contribution in [2.75, 3.05) is 13.1 Å². The molecule has 0 unspecified atom stereocenters. The van der Waals surface area contributed by atoms with Gasteiger partial charge in [-0.3, -0.25) is 4.79 Å². The lowest BCUT2D eigenvalue weighted by Crippen LogP contribution is -2.35. The van der Waals surface area contributed by atoms with E-state index in [9.17, 15) is 13.2 Å². The Morgan fingerprint density at radius 3 is 2.56 bits per heavy atom. The molecule has 0 aromatic carbocycles. The predicted octanol–water partition coefficient (Wildman–Crippen LogP) is 0.573. The summed E-state index contributed by atoms with van der Waals surface area (Å²) in [5.41, 5.74) is 0. The van der Waals surface area contributed by atoms with Gasteiger partial charge in [0.1, 0.15) is 0 Å². The summed E-state index contributed by atoms with van der Waals surface area (Å²) in [6.07, 6.45) is 2.97. The van der Waals surface area contributed by atoms with Crippen LogP contribution in [0.25, 0.3) is 0 Å². The first-order valence-electron chi connectivity index (χ1n) is 5.59. The lowest BCUT2D eigenvalue weighted by Gasteiger charge is -2.25. The van der Waals surface area contributed by atoms with Crippen LogP contribution in [0, 0.1) is 0 Å². The molecular weight excluding hydrogens is 260 g/mol. The van der Waals surface area contributed by atoms with Gasteiger partial charge in [-0.15, -0.1) is 0 Å². The molecule has 1 saturated heterocycles. The topological polar surface area (TPSA) is 99.8 Å². The molecule has 2 rings (SSSR count). The Bertz CT molecular complexity index is 530. The van der Waals surface area contributed by atoms with Gasteiger partial charge in [-0.2, -0.15) is 0 Å². The van der Waals surface area contributed by atoms with Gasteiger partial charge in [0.2, 0.25) is 5.09 Å². The molecule has 1 aliphatic rings. The van der Waals surface area contributed by atoms with Crippen LogP contribution in [0.4, 0.5) is 0 Å². The summed E-state index contributed by atoms with van der Waals surface area (Å²) in [5.74, 6) is -0.361. The first-order valence-corrected chi connectivity index (χ1v) is 7.08. The number of piperidine rings is 1. The van der Waals surface area contributed by atoms with Gasteiger partial charge in [0.25, 0.3) is 15.9 Å². The molecule has 2 heterocycles. The molecule has 0 aliphatic carbocycles. The number of hydrogen-bond donors (Lipinski definition) is 2. The molecule has 1 aromatic heterocycles. The van der Waals surface area contributed by atoms with Gasteiger partial charge in [0, 0.05) is 13.1 Å². The van der Waals surface area contributed by atoms with Crippen LogP contribution in [0.5, 0.6) is 0 Å². The third-order valence-corrected chi connectivity index (χ3v) is 3.81. The standard InChI is InChI=1S/C10H14N2O5S/c13-10(12-6-2-1-3-7-12)8-4-5-9(17-8)18(15,16)11-14/h4-5,11,14H,1-3,6-7H2. The van der Waals surface area contributed by atoms with Crippen molar-refractivity contribution in [2.24, 2.45) is 0 Å². The van der Waals surface area contributed by atoms with E-state index < -0.39 is 15.1 Å². The zero-order valence-electron chi connectivity index (χ0n) is 9.63. The van der Waals surface area contributed by atoms with Gasteiger partial charge < -0.3 is 14.5 Å². The van der Waals surface area contributed by atoms with Crippen molar-refractivity contribution in [3.8, 4) is 0 Å². The molecule has 1 fully saturated rings. The monoisotopic (exact) mass is 274 g/mol. The summed E-state index contributed by atoms with van der Waals surface area (Å²) >= 11 is 0. The molecule has 0 atom stereocenters. The zero-order chi connectivity index (χ0) is 13.2. The van der Waals surface area contributed by atoms with Crippen molar-refractivity contribution in [3.63, 3.8) is 0 Å². The molecule has 0 radical (unpaired) electrons. The minimum absolute atomic E-state index is 0.0364. The number of rotatable bonds is 3. The molecule has 8 heteroatoms. The van der Waals surface area contributed by atoms with Crippen LogP contribution in [0.1, 0.15) is 29.8 Å².